The van der Waals surface area contributed by atoms with Gasteiger partial charge in [0.2, 0.25) is 5.91 Å². The van der Waals surface area contributed by atoms with Crippen molar-refractivity contribution in [3.63, 3.8) is 0 Å². The average Bonchev–Trinajstić information content (AvgIpc) is 2.99. The SMILES string of the molecule is COc1ccc(NC(=O)CCc2c(C)nn(C)c2C)cc1S(=O)(=O)Nc1ccccc1Cl. The Hall–Kier alpha value is -3.04. The van der Waals surface area contributed by atoms with Crippen LogP contribution < -0.4 is 14.8 Å². The number of benzene rings is 2. The van der Waals surface area contributed by atoms with Gasteiger partial charge in [0.05, 0.1) is 23.5 Å². The van der Waals surface area contributed by atoms with Crippen molar-refractivity contribution in [2.24, 2.45) is 7.05 Å². The summed E-state index contributed by atoms with van der Waals surface area (Å²) < 4.78 is 35.4. The molecule has 0 saturated carbocycles. The first-order valence-electron chi connectivity index (χ1n) is 9.86. The van der Waals surface area contributed by atoms with Gasteiger partial charge in [-0.1, -0.05) is 23.7 Å². The van der Waals surface area contributed by atoms with Crippen LogP contribution in [0.2, 0.25) is 5.02 Å². The Balaban J connectivity index is 1.78. The Morgan fingerprint density at radius 1 is 1.19 bits per heavy atom. The number of sulfonamides is 1. The lowest BCUT2D eigenvalue weighted by Crippen LogP contribution is -2.16. The van der Waals surface area contributed by atoms with E-state index in [-0.39, 0.29) is 33.7 Å². The van der Waals surface area contributed by atoms with Crippen molar-refractivity contribution < 1.29 is 17.9 Å². The molecule has 2 aromatic carbocycles. The van der Waals surface area contributed by atoms with Crippen molar-refractivity contribution >= 4 is 38.9 Å². The smallest absolute Gasteiger partial charge is 0.265 e. The maximum atomic E-state index is 13.0. The molecule has 1 heterocycles. The number of para-hydroxylation sites is 1. The minimum Gasteiger partial charge on any atom is -0.495 e. The molecule has 0 spiro atoms. The molecule has 32 heavy (non-hydrogen) atoms. The van der Waals surface area contributed by atoms with Crippen molar-refractivity contribution in [3.8, 4) is 5.75 Å². The van der Waals surface area contributed by atoms with E-state index in [9.17, 15) is 13.2 Å². The molecule has 0 radical (unpaired) electrons. The van der Waals surface area contributed by atoms with Gasteiger partial charge in [0.15, 0.2) is 0 Å². The first-order chi connectivity index (χ1) is 15.1. The lowest BCUT2D eigenvalue weighted by Gasteiger charge is -2.14. The molecule has 0 aliphatic carbocycles. The fourth-order valence-electron chi connectivity index (χ4n) is 3.35. The van der Waals surface area contributed by atoms with Crippen molar-refractivity contribution in [3.05, 3.63) is 64.4 Å². The Bertz CT molecular complexity index is 1250. The summed E-state index contributed by atoms with van der Waals surface area (Å²) in [5, 5.41) is 7.38. The van der Waals surface area contributed by atoms with E-state index in [0.717, 1.165) is 17.0 Å². The summed E-state index contributed by atoms with van der Waals surface area (Å²) in [6.45, 7) is 3.87. The molecular formula is C22H25ClN4O4S. The highest BCUT2D eigenvalue weighted by molar-refractivity contribution is 7.92. The number of nitrogens with zero attached hydrogens (tertiary/aromatic N) is 2. The van der Waals surface area contributed by atoms with Crippen LogP contribution in [0.5, 0.6) is 5.75 Å². The summed E-state index contributed by atoms with van der Waals surface area (Å²) in [6.07, 6.45) is 0.770. The summed E-state index contributed by atoms with van der Waals surface area (Å²) in [5.41, 5.74) is 3.52. The molecule has 2 N–H and O–H groups in total. The zero-order valence-corrected chi connectivity index (χ0v) is 19.8. The fourth-order valence-corrected chi connectivity index (χ4v) is 4.86. The van der Waals surface area contributed by atoms with Crippen molar-refractivity contribution in [2.45, 2.75) is 31.6 Å². The maximum absolute atomic E-state index is 13.0. The van der Waals surface area contributed by atoms with E-state index in [1.807, 2.05) is 20.9 Å². The quantitative estimate of drug-likeness (QED) is 0.510. The van der Waals surface area contributed by atoms with Gasteiger partial charge in [0.1, 0.15) is 10.6 Å². The number of nitrogens with one attached hydrogen (secondary N) is 2. The van der Waals surface area contributed by atoms with Crippen LogP contribution in [0.3, 0.4) is 0 Å². The molecule has 0 aliphatic rings. The zero-order valence-electron chi connectivity index (χ0n) is 18.3. The Morgan fingerprint density at radius 3 is 2.53 bits per heavy atom. The largest absolute Gasteiger partial charge is 0.495 e. The summed E-state index contributed by atoms with van der Waals surface area (Å²) in [4.78, 5) is 12.4. The number of aromatic nitrogens is 2. The van der Waals surface area contributed by atoms with Crippen molar-refractivity contribution in [2.75, 3.05) is 17.1 Å². The highest BCUT2D eigenvalue weighted by Crippen LogP contribution is 2.31. The van der Waals surface area contributed by atoms with Gasteiger partial charge in [-0.2, -0.15) is 5.10 Å². The number of rotatable bonds is 8. The zero-order chi connectivity index (χ0) is 23.5. The molecule has 170 valence electrons. The number of amides is 1. The first-order valence-corrected chi connectivity index (χ1v) is 11.7. The van der Waals surface area contributed by atoms with E-state index in [1.165, 1.54) is 19.2 Å². The highest BCUT2D eigenvalue weighted by atomic mass is 35.5. The predicted molar refractivity (Wildman–Crippen MR) is 125 cm³/mol. The molecule has 1 amide bonds. The second kappa shape index (κ2) is 9.62. The van der Waals surface area contributed by atoms with Crippen LogP contribution in [0.4, 0.5) is 11.4 Å². The highest BCUT2D eigenvalue weighted by Gasteiger charge is 2.22. The predicted octanol–water partition coefficient (Wildman–Crippen LogP) is 4.07. The summed E-state index contributed by atoms with van der Waals surface area (Å²) in [6, 6.07) is 10.9. The van der Waals surface area contributed by atoms with Gasteiger partial charge in [-0.15, -0.1) is 0 Å². The van der Waals surface area contributed by atoms with E-state index in [0.29, 0.717) is 12.1 Å². The van der Waals surface area contributed by atoms with Crippen LogP contribution >= 0.6 is 11.6 Å². The van der Waals surface area contributed by atoms with Gasteiger partial charge in [-0.3, -0.25) is 14.2 Å². The van der Waals surface area contributed by atoms with Crippen LogP contribution in [-0.4, -0.2) is 31.2 Å². The van der Waals surface area contributed by atoms with Crippen LogP contribution in [-0.2, 0) is 28.3 Å². The topological polar surface area (TPSA) is 102 Å². The molecular weight excluding hydrogens is 452 g/mol. The lowest BCUT2D eigenvalue weighted by atomic mass is 10.1. The molecule has 0 saturated heterocycles. The van der Waals surface area contributed by atoms with Gasteiger partial charge in [0.25, 0.3) is 10.0 Å². The maximum Gasteiger partial charge on any atom is 0.265 e. The molecule has 1 aromatic heterocycles. The summed E-state index contributed by atoms with van der Waals surface area (Å²) in [5.74, 6) is -0.0932. The number of carbonyl (C=O) groups is 1. The van der Waals surface area contributed by atoms with Gasteiger partial charge in [-0.05, 0) is 56.2 Å². The molecule has 0 bridgehead atoms. The third kappa shape index (κ3) is 5.23. The van der Waals surface area contributed by atoms with Crippen LogP contribution in [0.1, 0.15) is 23.4 Å². The van der Waals surface area contributed by atoms with E-state index in [1.54, 1.807) is 35.0 Å². The second-order valence-corrected chi connectivity index (χ2v) is 9.33. The molecule has 10 heteroatoms. The van der Waals surface area contributed by atoms with Crippen molar-refractivity contribution in [1.29, 1.82) is 0 Å². The first kappa shape index (κ1) is 23.6. The Kier molecular flexibility index (Phi) is 7.10. The summed E-state index contributed by atoms with van der Waals surface area (Å²) >= 11 is 6.08. The number of anilines is 2. The molecule has 0 unspecified atom stereocenters. The van der Waals surface area contributed by atoms with Crippen LogP contribution in [0, 0.1) is 13.8 Å². The van der Waals surface area contributed by atoms with E-state index < -0.39 is 10.0 Å². The third-order valence-electron chi connectivity index (χ3n) is 5.12. The van der Waals surface area contributed by atoms with E-state index in [4.69, 9.17) is 16.3 Å². The van der Waals surface area contributed by atoms with Gasteiger partial charge < -0.3 is 10.1 Å². The standard InChI is InChI=1S/C22H25ClN4O4S/c1-14-17(15(2)27(3)25-14)10-12-22(28)24-16-9-11-20(31-4)21(13-16)32(29,30)26-19-8-6-5-7-18(19)23/h5-9,11,13,26H,10,12H2,1-4H3,(H,24,28). The molecule has 0 atom stereocenters. The third-order valence-corrected chi connectivity index (χ3v) is 6.83. The molecule has 0 aliphatic heterocycles. The number of halogens is 1. The monoisotopic (exact) mass is 476 g/mol. The van der Waals surface area contributed by atoms with E-state index >= 15 is 0 Å². The van der Waals surface area contributed by atoms with E-state index in [2.05, 4.69) is 15.1 Å². The van der Waals surface area contributed by atoms with Crippen molar-refractivity contribution in [1.82, 2.24) is 9.78 Å². The molecule has 3 aromatic rings. The number of carbonyl (C=O) groups excluding carboxylic acids is 1. The molecule has 0 fully saturated rings. The lowest BCUT2D eigenvalue weighted by molar-refractivity contribution is -0.116. The Labute approximate surface area is 192 Å². The number of aryl methyl sites for hydroxylation is 2. The number of hydrogen-bond donors (Lipinski definition) is 2. The molecule has 8 nitrogen and oxygen atoms in total. The van der Waals surface area contributed by atoms with Gasteiger partial charge in [-0.25, -0.2) is 8.42 Å². The van der Waals surface area contributed by atoms with Gasteiger partial charge in [0, 0.05) is 24.8 Å². The number of hydrogen-bond acceptors (Lipinski definition) is 5. The average molecular weight is 477 g/mol. The normalized spacial score (nSPS) is 11.3. The molecule has 3 rings (SSSR count). The second-order valence-electron chi connectivity index (χ2n) is 7.27. The van der Waals surface area contributed by atoms with Crippen LogP contribution in [0.15, 0.2) is 47.4 Å². The van der Waals surface area contributed by atoms with Crippen LogP contribution in [0.25, 0.3) is 0 Å². The number of methoxy groups -OCH3 is 1. The Morgan fingerprint density at radius 2 is 1.91 bits per heavy atom. The van der Waals surface area contributed by atoms with Gasteiger partial charge >= 0.3 is 0 Å². The minimum atomic E-state index is -4.02. The summed E-state index contributed by atoms with van der Waals surface area (Å²) in [7, 11) is -0.784. The minimum absolute atomic E-state index is 0.114. The number of ether oxygens (including phenoxy) is 1. The fraction of sp³-hybridized carbons (Fsp3) is 0.273.